The summed E-state index contributed by atoms with van der Waals surface area (Å²) in [6.45, 7) is 4.09. The molecule has 0 fully saturated rings. The van der Waals surface area contributed by atoms with Crippen molar-refractivity contribution in [3.8, 4) is 5.75 Å². The molecule has 1 atom stereocenters. The molecule has 0 saturated carbocycles. The van der Waals surface area contributed by atoms with Gasteiger partial charge in [-0.3, -0.25) is 4.79 Å². The second-order valence-electron chi connectivity index (χ2n) is 8.10. The summed E-state index contributed by atoms with van der Waals surface area (Å²) < 4.78 is 18.2. The first kappa shape index (κ1) is 21.4. The number of aromatic hydroxyl groups is 1. The molecule has 0 radical (unpaired) electrons. The molecule has 0 spiro atoms. The normalized spacial score (nSPS) is 13.9. The minimum Gasteiger partial charge on any atom is -0.507 e. The third-order valence-corrected chi connectivity index (χ3v) is 6.39. The number of unbranched alkanes of at least 4 members (excludes halogenated alkanes) is 2. The lowest BCUT2D eigenvalue weighted by Crippen LogP contribution is -2.09. The second kappa shape index (κ2) is 9.43. The van der Waals surface area contributed by atoms with Gasteiger partial charge in [0.25, 0.3) is 0 Å². The number of halogens is 1. The summed E-state index contributed by atoms with van der Waals surface area (Å²) in [5.41, 5.74) is 6.89. The average molecular weight is 399 g/mol. The van der Waals surface area contributed by atoms with Crippen LogP contribution in [0, 0.1) is 19.7 Å². The molecule has 4 heteroatoms. The van der Waals surface area contributed by atoms with Gasteiger partial charge in [-0.1, -0.05) is 25.0 Å². The van der Waals surface area contributed by atoms with Crippen molar-refractivity contribution < 1.29 is 19.0 Å². The van der Waals surface area contributed by atoms with E-state index in [0.29, 0.717) is 12.2 Å². The molecule has 2 aromatic rings. The highest BCUT2D eigenvalue weighted by Gasteiger charge is 2.28. The molecule has 0 unspecified atom stereocenters. The molecule has 0 aromatic heterocycles. The SMILES string of the molecule is COC(=O)CCCCC[C@H](c1ccc(F)cc1)c1c(O)c(C)c(C)c2c1CCC2. The zero-order valence-electron chi connectivity index (χ0n) is 17.7. The van der Waals surface area contributed by atoms with E-state index in [0.717, 1.165) is 61.6 Å². The second-order valence-corrected chi connectivity index (χ2v) is 8.10. The van der Waals surface area contributed by atoms with Gasteiger partial charge in [0.2, 0.25) is 0 Å². The van der Waals surface area contributed by atoms with E-state index in [1.165, 1.54) is 35.9 Å². The van der Waals surface area contributed by atoms with Gasteiger partial charge in [-0.25, -0.2) is 4.39 Å². The Labute approximate surface area is 172 Å². The van der Waals surface area contributed by atoms with Crippen molar-refractivity contribution in [1.29, 1.82) is 0 Å². The van der Waals surface area contributed by atoms with E-state index in [1.807, 2.05) is 19.1 Å². The Morgan fingerprint density at radius 3 is 2.45 bits per heavy atom. The van der Waals surface area contributed by atoms with Crippen molar-refractivity contribution in [3.05, 3.63) is 63.5 Å². The number of methoxy groups -OCH3 is 1. The van der Waals surface area contributed by atoms with E-state index >= 15 is 0 Å². The maximum absolute atomic E-state index is 13.5. The van der Waals surface area contributed by atoms with E-state index in [1.54, 1.807) is 0 Å². The molecule has 0 amide bonds. The van der Waals surface area contributed by atoms with Gasteiger partial charge < -0.3 is 9.84 Å². The minimum absolute atomic E-state index is 0.0277. The van der Waals surface area contributed by atoms with Crippen LogP contribution in [0.15, 0.2) is 24.3 Å². The molecular formula is C25H31FO3. The van der Waals surface area contributed by atoms with Crippen LogP contribution in [-0.2, 0) is 22.4 Å². The van der Waals surface area contributed by atoms with Crippen LogP contribution in [0.25, 0.3) is 0 Å². The van der Waals surface area contributed by atoms with Crippen LogP contribution in [0.2, 0.25) is 0 Å². The molecule has 1 aliphatic rings. The van der Waals surface area contributed by atoms with Crippen molar-refractivity contribution in [3.63, 3.8) is 0 Å². The first-order valence-electron chi connectivity index (χ1n) is 10.6. The molecule has 2 aromatic carbocycles. The molecule has 3 nitrogen and oxygen atoms in total. The van der Waals surface area contributed by atoms with Gasteiger partial charge in [-0.2, -0.15) is 0 Å². The summed E-state index contributed by atoms with van der Waals surface area (Å²) in [7, 11) is 1.41. The monoisotopic (exact) mass is 398 g/mol. The Kier molecular flexibility index (Phi) is 6.94. The summed E-state index contributed by atoms with van der Waals surface area (Å²) >= 11 is 0. The number of hydrogen-bond acceptors (Lipinski definition) is 3. The molecule has 0 heterocycles. The Hall–Kier alpha value is -2.36. The van der Waals surface area contributed by atoms with Crippen LogP contribution in [0.1, 0.15) is 77.8 Å². The number of phenolic OH excluding ortho intramolecular Hbond substituents is 1. The number of rotatable bonds is 8. The number of carbonyl (C=O) groups excluding carboxylic acids is 1. The van der Waals surface area contributed by atoms with Crippen LogP contribution < -0.4 is 0 Å². The lowest BCUT2D eigenvalue weighted by molar-refractivity contribution is -0.140. The summed E-state index contributed by atoms with van der Waals surface area (Å²) in [5, 5.41) is 11.1. The molecule has 29 heavy (non-hydrogen) atoms. The maximum atomic E-state index is 13.5. The van der Waals surface area contributed by atoms with Crippen LogP contribution in [0.3, 0.4) is 0 Å². The maximum Gasteiger partial charge on any atom is 0.305 e. The summed E-state index contributed by atoms with van der Waals surface area (Å²) in [5.74, 6) is -0.00302. The lowest BCUT2D eigenvalue weighted by atomic mass is 9.80. The third-order valence-electron chi connectivity index (χ3n) is 6.39. The number of fused-ring (bicyclic) bond motifs is 1. The zero-order chi connectivity index (χ0) is 21.0. The van der Waals surface area contributed by atoms with Crippen molar-refractivity contribution in [2.45, 2.75) is 71.1 Å². The van der Waals surface area contributed by atoms with Gasteiger partial charge in [0.05, 0.1) is 7.11 Å². The lowest BCUT2D eigenvalue weighted by Gasteiger charge is -2.25. The number of phenols is 1. The number of carbonyl (C=O) groups is 1. The van der Waals surface area contributed by atoms with Gasteiger partial charge in [-0.05, 0) is 85.9 Å². The Balaban J connectivity index is 1.90. The van der Waals surface area contributed by atoms with Crippen LogP contribution >= 0.6 is 0 Å². The first-order valence-corrected chi connectivity index (χ1v) is 10.6. The fourth-order valence-corrected chi connectivity index (χ4v) is 4.65. The fourth-order valence-electron chi connectivity index (χ4n) is 4.65. The highest BCUT2D eigenvalue weighted by Crippen LogP contribution is 2.45. The predicted molar refractivity (Wildman–Crippen MR) is 113 cm³/mol. The van der Waals surface area contributed by atoms with E-state index in [9.17, 15) is 14.3 Å². The molecule has 156 valence electrons. The van der Waals surface area contributed by atoms with Gasteiger partial charge in [0.15, 0.2) is 0 Å². The van der Waals surface area contributed by atoms with Gasteiger partial charge in [-0.15, -0.1) is 0 Å². The molecule has 0 saturated heterocycles. The molecule has 1 N–H and O–H groups in total. The van der Waals surface area contributed by atoms with Gasteiger partial charge >= 0.3 is 5.97 Å². The van der Waals surface area contributed by atoms with E-state index in [4.69, 9.17) is 4.74 Å². The smallest absolute Gasteiger partial charge is 0.305 e. The van der Waals surface area contributed by atoms with Crippen molar-refractivity contribution in [2.75, 3.05) is 7.11 Å². The number of hydrogen-bond donors (Lipinski definition) is 1. The first-order chi connectivity index (χ1) is 13.9. The largest absolute Gasteiger partial charge is 0.507 e. The topological polar surface area (TPSA) is 46.5 Å². The Morgan fingerprint density at radius 2 is 1.76 bits per heavy atom. The number of ether oxygens (including phenoxy) is 1. The van der Waals surface area contributed by atoms with E-state index < -0.39 is 0 Å². The summed E-state index contributed by atoms with van der Waals surface area (Å²) in [6.07, 6.45) is 7.09. The molecule has 0 bridgehead atoms. The van der Waals surface area contributed by atoms with Crippen molar-refractivity contribution in [2.24, 2.45) is 0 Å². The number of esters is 1. The summed E-state index contributed by atoms with van der Waals surface area (Å²) in [4.78, 5) is 11.3. The number of benzene rings is 2. The average Bonchev–Trinajstić information content (AvgIpc) is 3.20. The molecule has 3 rings (SSSR count). The van der Waals surface area contributed by atoms with Crippen LogP contribution in [0.4, 0.5) is 4.39 Å². The van der Waals surface area contributed by atoms with Gasteiger partial charge in [0.1, 0.15) is 11.6 Å². The molecular weight excluding hydrogens is 367 g/mol. The Bertz CT molecular complexity index is 871. The minimum atomic E-state index is -0.250. The molecule has 0 aliphatic heterocycles. The molecule has 1 aliphatic carbocycles. The van der Waals surface area contributed by atoms with Crippen LogP contribution in [-0.4, -0.2) is 18.2 Å². The Morgan fingerprint density at radius 1 is 1.07 bits per heavy atom. The fraction of sp³-hybridized carbons (Fsp3) is 0.480. The van der Waals surface area contributed by atoms with Crippen molar-refractivity contribution in [1.82, 2.24) is 0 Å². The standard InChI is InChI=1S/C25H31FO3/c1-16-17(2)25(28)24(22-10-7-9-20(16)22)21(18-12-14-19(26)15-13-18)8-5-4-6-11-23(27)29-3/h12-15,21,28H,4-11H2,1-3H3/t21-/m1/s1. The third kappa shape index (κ3) is 4.63. The highest BCUT2D eigenvalue weighted by molar-refractivity contribution is 5.69. The predicted octanol–water partition coefficient (Wildman–Crippen LogP) is 5.89. The van der Waals surface area contributed by atoms with E-state index in [2.05, 4.69) is 6.92 Å². The zero-order valence-corrected chi connectivity index (χ0v) is 17.7. The van der Waals surface area contributed by atoms with Crippen molar-refractivity contribution >= 4 is 5.97 Å². The summed E-state index contributed by atoms with van der Waals surface area (Å²) in [6, 6.07) is 6.67. The highest BCUT2D eigenvalue weighted by atomic mass is 19.1. The van der Waals surface area contributed by atoms with Gasteiger partial charge in [0, 0.05) is 17.9 Å². The van der Waals surface area contributed by atoms with Crippen LogP contribution in [0.5, 0.6) is 5.75 Å². The quantitative estimate of drug-likeness (QED) is 0.445. The van der Waals surface area contributed by atoms with E-state index in [-0.39, 0.29) is 17.7 Å².